The van der Waals surface area contributed by atoms with Crippen molar-refractivity contribution in [2.75, 3.05) is 19.6 Å². The first kappa shape index (κ1) is 23.5. The maximum Gasteiger partial charge on any atom is 0.191 e. The molecule has 184 valence electrons. The molecule has 3 fully saturated rings. The predicted octanol–water partition coefficient (Wildman–Crippen LogP) is 6.00. The van der Waals surface area contributed by atoms with Gasteiger partial charge in [-0.15, -0.1) is 11.8 Å². The largest absolute Gasteiger partial charge is 0.374 e. The molecule has 36 heavy (non-hydrogen) atoms. The summed E-state index contributed by atoms with van der Waals surface area (Å²) in [7, 11) is 0. The fraction of sp³-hybridized carbons (Fsp3) is 0.300. The summed E-state index contributed by atoms with van der Waals surface area (Å²) in [5, 5.41) is 16.9. The van der Waals surface area contributed by atoms with Crippen LogP contribution in [0.2, 0.25) is 0 Å². The van der Waals surface area contributed by atoms with Gasteiger partial charge in [0, 0.05) is 23.8 Å². The maximum absolute atomic E-state index is 13.8. The summed E-state index contributed by atoms with van der Waals surface area (Å²) < 4.78 is 20.6. The quantitative estimate of drug-likeness (QED) is 0.316. The topological polar surface area (TPSA) is 46.3 Å². The molecule has 0 saturated carbocycles. The van der Waals surface area contributed by atoms with Crippen LogP contribution in [0.25, 0.3) is 0 Å². The molecule has 6 heteroatoms. The summed E-state index contributed by atoms with van der Waals surface area (Å²) in [6, 6.07) is 28.2. The molecule has 3 aliphatic heterocycles. The van der Waals surface area contributed by atoms with E-state index in [2.05, 4.69) is 5.16 Å². The lowest BCUT2D eigenvalue weighted by Gasteiger charge is -2.52. The van der Waals surface area contributed by atoms with Gasteiger partial charge >= 0.3 is 0 Å². The van der Waals surface area contributed by atoms with Crippen molar-refractivity contribution in [3.8, 4) is 0 Å². The summed E-state index contributed by atoms with van der Waals surface area (Å²) in [5.41, 5.74) is 0.627. The minimum atomic E-state index is -1.39. The van der Waals surface area contributed by atoms with E-state index in [1.165, 1.54) is 18.9 Å². The number of rotatable bonds is 7. The van der Waals surface area contributed by atoms with Gasteiger partial charge in [0.25, 0.3) is 0 Å². The van der Waals surface area contributed by atoms with E-state index < -0.39 is 5.60 Å². The van der Waals surface area contributed by atoms with Crippen molar-refractivity contribution in [3.63, 3.8) is 0 Å². The van der Waals surface area contributed by atoms with Crippen molar-refractivity contribution in [3.05, 3.63) is 119 Å². The molecule has 2 bridgehead atoms. The molecule has 7 rings (SSSR count). The van der Waals surface area contributed by atoms with Gasteiger partial charge in [0.2, 0.25) is 0 Å². The Morgan fingerprint density at radius 2 is 1.58 bits per heavy atom. The van der Waals surface area contributed by atoms with Crippen LogP contribution >= 0.6 is 11.8 Å². The molecule has 1 unspecified atom stereocenters. The van der Waals surface area contributed by atoms with E-state index in [4.69, 9.17) is 4.52 Å². The molecule has 0 spiro atoms. The molecular weight excluding hydrogens is 471 g/mol. The van der Waals surface area contributed by atoms with Crippen LogP contribution in [0.1, 0.15) is 35.4 Å². The Bertz CT molecular complexity index is 1280. The van der Waals surface area contributed by atoms with Crippen LogP contribution in [0.5, 0.6) is 0 Å². The normalized spacial score (nSPS) is 23.6. The second kappa shape index (κ2) is 9.51. The van der Waals surface area contributed by atoms with Gasteiger partial charge < -0.3 is 14.1 Å². The van der Waals surface area contributed by atoms with Crippen LogP contribution in [0.4, 0.5) is 4.39 Å². The van der Waals surface area contributed by atoms with Crippen molar-refractivity contribution >= 4 is 11.8 Å². The number of hydrogen-bond acceptors (Lipinski definition) is 4. The Morgan fingerprint density at radius 3 is 2.22 bits per heavy atom. The van der Waals surface area contributed by atoms with E-state index in [0.717, 1.165) is 52.4 Å². The van der Waals surface area contributed by atoms with Gasteiger partial charge in [-0.25, -0.2) is 4.39 Å². The van der Waals surface area contributed by atoms with Crippen molar-refractivity contribution < 1.29 is 18.5 Å². The van der Waals surface area contributed by atoms with E-state index in [-0.39, 0.29) is 5.82 Å². The van der Waals surface area contributed by atoms with Crippen LogP contribution in [0.15, 0.2) is 100 Å². The van der Waals surface area contributed by atoms with E-state index in [1.54, 1.807) is 12.1 Å². The number of benzene rings is 3. The Morgan fingerprint density at radius 1 is 0.917 bits per heavy atom. The van der Waals surface area contributed by atoms with E-state index in [9.17, 15) is 9.50 Å². The average Bonchev–Trinajstić information content (AvgIpc) is 3.38. The molecule has 3 saturated heterocycles. The van der Waals surface area contributed by atoms with E-state index in [0.29, 0.717) is 16.9 Å². The van der Waals surface area contributed by atoms with Crippen LogP contribution in [-0.2, 0) is 12.1 Å². The fourth-order valence-electron chi connectivity index (χ4n) is 6.00. The van der Waals surface area contributed by atoms with Gasteiger partial charge in [-0.1, -0.05) is 71.9 Å². The molecule has 1 aromatic heterocycles. The van der Waals surface area contributed by atoms with Gasteiger partial charge in [0.05, 0.1) is 24.9 Å². The summed E-state index contributed by atoms with van der Waals surface area (Å²) in [5.74, 6) is 1.29. The molecule has 4 aromatic rings. The number of aromatic nitrogens is 1. The maximum atomic E-state index is 13.8. The summed E-state index contributed by atoms with van der Waals surface area (Å²) in [6.45, 7) is 4.01. The molecule has 0 aliphatic carbocycles. The second-order valence-electron chi connectivity index (χ2n) is 10.2. The third-order valence-corrected chi connectivity index (χ3v) is 9.29. The Balaban J connectivity index is 1.26. The molecule has 3 aliphatic rings. The van der Waals surface area contributed by atoms with Crippen molar-refractivity contribution in [2.45, 2.75) is 35.1 Å². The lowest BCUT2D eigenvalue weighted by atomic mass is 9.83. The van der Waals surface area contributed by atoms with Crippen molar-refractivity contribution in [1.82, 2.24) is 5.16 Å². The smallest absolute Gasteiger partial charge is 0.191 e. The van der Waals surface area contributed by atoms with Crippen molar-refractivity contribution in [1.29, 1.82) is 0 Å². The molecule has 4 heterocycles. The number of halogens is 1. The minimum Gasteiger partial charge on any atom is -0.374 e. The molecular formula is C30H30FN2O2S+. The average molecular weight is 502 g/mol. The zero-order valence-corrected chi connectivity index (χ0v) is 20.9. The van der Waals surface area contributed by atoms with Gasteiger partial charge in [-0.3, -0.25) is 0 Å². The number of hydrogen-bond donors (Lipinski definition) is 1. The molecule has 3 aromatic carbocycles. The Labute approximate surface area is 215 Å². The van der Waals surface area contributed by atoms with Gasteiger partial charge in [-0.05, 0) is 35.2 Å². The second-order valence-corrected chi connectivity index (χ2v) is 11.5. The third kappa shape index (κ3) is 4.38. The number of thioether (sulfide) groups is 1. The van der Waals surface area contributed by atoms with E-state index >= 15 is 0 Å². The summed E-state index contributed by atoms with van der Waals surface area (Å²) in [4.78, 5) is 1.00. The number of quaternary nitrogens is 1. The molecule has 0 radical (unpaired) electrons. The van der Waals surface area contributed by atoms with Gasteiger partial charge in [0.15, 0.2) is 11.4 Å². The monoisotopic (exact) mass is 501 g/mol. The van der Waals surface area contributed by atoms with Crippen molar-refractivity contribution in [2.24, 2.45) is 5.92 Å². The first-order valence-electron chi connectivity index (χ1n) is 12.6. The lowest BCUT2D eigenvalue weighted by Crippen LogP contribution is -2.62. The predicted molar refractivity (Wildman–Crippen MR) is 139 cm³/mol. The zero-order valence-electron chi connectivity index (χ0n) is 20.1. The number of fused-ring (bicyclic) bond motifs is 3. The SMILES string of the molecule is OC(c1ccccc1)(c1ccccc1)c1cc(C[N+]23CCC(CC2)C(Sc2cccc(F)c2)C3)on1. The standard InChI is InChI=1S/C30H30FN2O2S/c31-25-12-7-13-27(18-25)36-28-21-33(16-14-22(28)15-17-33)20-26-19-29(32-35-26)30(34,23-8-3-1-4-9-23)24-10-5-2-6-11-24/h1-13,18-19,22,28,34H,14-17,20-21H2/q+1. The first-order chi connectivity index (χ1) is 17.5. The highest BCUT2D eigenvalue weighted by molar-refractivity contribution is 8.00. The highest BCUT2D eigenvalue weighted by Gasteiger charge is 2.47. The zero-order chi connectivity index (χ0) is 24.6. The third-order valence-electron chi connectivity index (χ3n) is 7.93. The highest BCUT2D eigenvalue weighted by Crippen LogP contribution is 2.44. The van der Waals surface area contributed by atoms with Gasteiger partial charge in [0.1, 0.15) is 18.1 Å². The van der Waals surface area contributed by atoms with Crippen LogP contribution in [0, 0.1) is 11.7 Å². The molecule has 0 amide bonds. The Kier molecular flexibility index (Phi) is 6.20. The van der Waals surface area contributed by atoms with Crippen LogP contribution in [0.3, 0.4) is 0 Å². The Hall–Kier alpha value is -2.93. The molecule has 4 nitrogen and oxygen atoms in total. The first-order valence-corrected chi connectivity index (χ1v) is 13.5. The fourth-order valence-corrected chi connectivity index (χ4v) is 7.54. The summed E-state index contributed by atoms with van der Waals surface area (Å²) >= 11 is 1.81. The minimum absolute atomic E-state index is 0.177. The number of piperidine rings is 3. The van der Waals surface area contributed by atoms with Crippen LogP contribution in [-0.4, -0.2) is 39.6 Å². The lowest BCUT2D eigenvalue weighted by molar-refractivity contribution is -0.954. The molecule has 1 atom stereocenters. The number of nitrogens with zero attached hydrogens (tertiary/aromatic N) is 2. The van der Waals surface area contributed by atoms with Crippen LogP contribution < -0.4 is 0 Å². The highest BCUT2D eigenvalue weighted by atomic mass is 32.2. The van der Waals surface area contributed by atoms with E-state index in [1.807, 2.05) is 84.6 Å². The summed E-state index contributed by atoms with van der Waals surface area (Å²) in [6.07, 6.45) is 2.35. The molecule has 1 N–H and O–H groups in total. The number of aliphatic hydroxyl groups is 1. The van der Waals surface area contributed by atoms with Gasteiger partial charge in [-0.2, -0.15) is 0 Å².